The van der Waals surface area contributed by atoms with Crippen LogP contribution in [0.15, 0.2) is 0 Å². The summed E-state index contributed by atoms with van der Waals surface area (Å²) in [5.41, 5.74) is 0. The fraction of sp³-hybridized carbons (Fsp3) is 0.750. The van der Waals surface area contributed by atoms with Crippen molar-refractivity contribution in [3.8, 4) is 11.8 Å². The van der Waals surface area contributed by atoms with Crippen molar-refractivity contribution < 1.29 is 5.11 Å². The smallest absolute Gasteiger partial charge is 0.0602 e. The highest BCUT2D eigenvalue weighted by molar-refractivity contribution is 4.97. The van der Waals surface area contributed by atoms with E-state index >= 15 is 0 Å². The van der Waals surface area contributed by atoms with Crippen molar-refractivity contribution in [3.05, 3.63) is 0 Å². The Morgan fingerprint density at radius 2 is 2.20 bits per heavy atom. The van der Waals surface area contributed by atoms with Gasteiger partial charge in [0.15, 0.2) is 0 Å². The summed E-state index contributed by atoms with van der Waals surface area (Å²) in [7, 11) is 1.95. The molecule has 10 heavy (non-hydrogen) atoms. The molecular formula is C8H15NO. The Hall–Kier alpha value is -0.520. The zero-order valence-electron chi connectivity index (χ0n) is 6.89. The molecule has 0 heterocycles. The lowest BCUT2D eigenvalue weighted by atomic mass is 10.3. The number of nitrogens with zero attached hydrogens (tertiary/aromatic N) is 1. The molecule has 0 unspecified atom stereocenters. The molecule has 0 radical (unpaired) electrons. The summed E-state index contributed by atoms with van der Waals surface area (Å²) in [4.78, 5) is 2.01. The Morgan fingerprint density at radius 3 is 2.60 bits per heavy atom. The second-order valence-corrected chi connectivity index (χ2v) is 2.37. The van der Waals surface area contributed by atoms with Crippen LogP contribution in [-0.2, 0) is 0 Å². The summed E-state index contributed by atoms with van der Waals surface area (Å²) in [6, 6.07) is 0.209. The molecular weight excluding hydrogens is 126 g/mol. The molecule has 0 bridgehead atoms. The van der Waals surface area contributed by atoms with Gasteiger partial charge in [0.1, 0.15) is 0 Å². The van der Waals surface area contributed by atoms with E-state index in [-0.39, 0.29) is 12.6 Å². The second-order valence-electron chi connectivity index (χ2n) is 2.37. The first-order valence-corrected chi connectivity index (χ1v) is 3.43. The van der Waals surface area contributed by atoms with Gasteiger partial charge in [0.05, 0.1) is 13.2 Å². The van der Waals surface area contributed by atoms with Crippen molar-refractivity contribution in [2.75, 3.05) is 20.2 Å². The second kappa shape index (κ2) is 5.28. The fourth-order valence-electron chi connectivity index (χ4n) is 0.499. The summed E-state index contributed by atoms with van der Waals surface area (Å²) in [5, 5.41) is 8.71. The monoisotopic (exact) mass is 141 g/mol. The standard InChI is InChI=1S/C8H15NO/c1-4-5-6-9(3)8(2)7-10/h8,10H,6-7H2,1-3H3/t8-/m1/s1. The number of aliphatic hydroxyl groups excluding tert-OH is 1. The van der Waals surface area contributed by atoms with Crippen molar-refractivity contribution in [2.45, 2.75) is 19.9 Å². The Balaban J connectivity index is 3.57. The first kappa shape index (κ1) is 9.48. The van der Waals surface area contributed by atoms with Crippen molar-refractivity contribution in [1.29, 1.82) is 0 Å². The summed E-state index contributed by atoms with van der Waals surface area (Å²) < 4.78 is 0. The minimum atomic E-state index is 0.196. The van der Waals surface area contributed by atoms with Gasteiger partial charge in [-0.05, 0) is 20.9 Å². The highest BCUT2D eigenvalue weighted by atomic mass is 16.3. The van der Waals surface area contributed by atoms with E-state index in [9.17, 15) is 0 Å². The molecule has 1 N–H and O–H groups in total. The average Bonchev–Trinajstić information content (AvgIpc) is 1.98. The minimum Gasteiger partial charge on any atom is -0.395 e. The Kier molecular flexibility index (Phi) is 5.00. The lowest BCUT2D eigenvalue weighted by Crippen LogP contribution is -2.32. The maximum absolute atomic E-state index is 8.71. The summed E-state index contributed by atoms with van der Waals surface area (Å²) in [5.74, 6) is 5.73. The van der Waals surface area contributed by atoms with E-state index in [0.717, 1.165) is 6.54 Å². The normalized spacial score (nSPS) is 12.5. The van der Waals surface area contributed by atoms with Crippen LogP contribution in [0.25, 0.3) is 0 Å². The average molecular weight is 141 g/mol. The number of hydrogen-bond acceptors (Lipinski definition) is 2. The molecule has 2 nitrogen and oxygen atoms in total. The molecule has 0 saturated carbocycles. The SMILES string of the molecule is CC#CCN(C)[C@H](C)CO. The molecule has 0 aliphatic heterocycles. The highest BCUT2D eigenvalue weighted by Crippen LogP contribution is 1.91. The molecule has 0 aromatic rings. The molecule has 0 aliphatic rings. The molecule has 0 saturated heterocycles. The van der Waals surface area contributed by atoms with E-state index in [0.29, 0.717) is 0 Å². The minimum absolute atomic E-state index is 0.196. The van der Waals surface area contributed by atoms with Crippen LogP contribution in [-0.4, -0.2) is 36.2 Å². The summed E-state index contributed by atoms with van der Waals surface area (Å²) in [6.07, 6.45) is 0. The molecule has 0 rings (SSSR count). The first-order chi connectivity index (χ1) is 4.72. The van der Waals surface area contributed by atoms with Crippen LogP contribution in [0.5, 0.6) is 0 Å². The maximum atomic E-state index is 8.71. The van der Waals surface area contributed by atoms with E-state index in [1.807, 2.05) is 25.8 Å². The van der Waals surface area contributed by atoms with Crippen LogP contribution >= 0.6 is 0 Å². The van der Waals surface area contributed by atoms with Gasteiger partial charge in [-0.25, -0.2) is 0 Å². The zero-order chi connectivity index (χ0) is 7.98. The molecule has 58 valence electrons. The van der Waals surface area contributed by atoms with Gasteiger partial charge in [-0.2, -0.15) is 0 Å². The number of aliphatic hydroxyl groups is 1. The number of rotatable bonds is 3. The molecule has 0 aromatic heterocycles. The van der Waals surface area contributed by atoms with Gasteiger partial charge in [-0.15, -0.1) is 5.92 Å². The molecule has 0 amide bonds. The van der Waals surface area contributed by atoms with Crippen molar-refractivity contribution in [1.82, 2.24) is 4.90 Å². The quantitative estimate of drug-likeness (QED) is 0.572. The van der Waals surface area contributed by atoms with E-state index in [4.69, 9.17) is 5.11 Å². The topological polar surface area (TPSA) is 23.5 Å². The lowest BCUT2D eigenvalue weighted by molar-refractivity contribution is 0.171. The molecule has 2 heteroatoms. The number of likely N-dealkylation sites (N-methyl/N-ethyl adjacent to an activating group) is 1. The van der Waals surface area contributed by atoms with Crippen molar-refractivity contribution in [3.63, 3.8) is 0 Å². The van der Waals surface area contributed by atoms with E-state index in [1.54, 1.807) is 0 Å². The van der Waals surface area contributed by atoms with Crippen LogP contribution in [0.3, 0.4) is 0 Å². The summed E-state index contributed by atoms with van der Waals surface area (Å²) >= 11 is 0. The Labute approximate surface area is 62.8 Å². The van der Waals surface area contributed by atoms with E-state index in [2.05, 4.69) is 11.8 Å². The van der Waals surface area contributed by atoms with Crippen molar-refractivity contribution >= 4 is 0 Å². The summed E-state index contributed by atoms with van der Waals surface area (Å²) in [6.45, 7) is 4.72. The van der Waals surface area contributed by atoms with Gasteiger partial charge in [0, 0.05) is 6.04 Å². The van der Waals surface area contributed by atoms with Crippen LogP contribution in [0.1, 0.15) is 13.8 Å². The molecule has 0 fully saturated rings. The number of hydrogen-bond donors (Lipinski definition) is 1. The van der Waals surface area contributed by atoms with Gasteiger partial charge in [0.25, 0.3) is 0 Å². The third-order valence-corrected chi connectivity index (χ3v) is 1.52. The molecule has 1 atom stereocenters. The van der Waals surface area contributed by atoms with Crippen molar-refractivity contribution in [2.24, 2.45) is 0 Å². The third kappa shape index (κ3) is 3.49. The van der Waals surface area contributed by atoms with E-state index in [1.165, 1.54) is 0 Å². The Bertz CT molecular complexity index is 134. The van der Waals surface area contributed by atoms with E-state index < -0.39 is 0 Å². The van der Waals surface area contributed by atoms with Gasteiger partial charge in [-0.1, -0.05) is 5.92 Å². The third-order valence-electron chi connectivity index (χ3n) is 1.52. The lowest BCUT2D eigenvalue weighted by Gasteiger charge is -2.19. The first-order valence-electron chi connectivity index (χ1n) is 3.43. The predicted octanol–water partition coefficient (Wildman–Crippen LogP) is 0.322. The predicted molar refractivity (Wildman–Crippen MR) is 42.6 cm³/mol. The van der Waals surface area contributed by atoms with Crippen LogP contribution in [0.2, 0.25) is 0 Å². The van der Waals surface area contributed by atoms with Gasteiger partial charge in [0.2, 0.25) is 0 Å². The maximum Gasteiger partial charge on any atom is 0.0602 e. The zero-order valence-corrected chi connectivity index (χ0v) is 6.89. The van der Waals surface area contributed by atoms with Gasteiger partial charge >= 0.3 is 0 Å². The van der Waals surface area contributed by atoms with Crippen LogP contribution in [0, 0.1) is 11.8 Å². The largest absolute Gasteiger partial charge is 0.395 e. The molecule has 0 aromatic carbocycles. The van der Waals surface area contributed by atoms with Gasteiger partial charge < -0.3 is 5.11 Å². The van der Waals surface area contributed by atoms with Crippen LogP contribution < -0.4 is 0 Å². The molecule has 0 spiro atoms. The Morgan fingerprint density at radius 1 is 1.60 bits per heavy atom. The fourth-order valence-corrected chi connectivity index (χ4v) is 0.499. The van der Waals surface area contributed by atoms with Crippen LogP contribution in [0.4, 0.5) is 0 Å². The highest BCUT2D eigenvalue weighted by Gasteiger charge is 2.03. The molecule has 0 aliphatic carbocycles. The van der Waals surface area contributed by atoms with Gasteiger partial charge in [-0.3, -0.25) is 4.90 Å².